The second-order valence-corrected chi connectivity index (χ2v) is 5.79. The van der Waals surface area contributed by atoms with Crippen LogP contribution in [0.3, 0.4) is 0 Å². The SMILES string of the molecule is COc1ccc(NCC(C)Oc2c(C)cccc2C)cc1Cl. The fourth-order valence-electron chi connectivity index (χ4n) is 2.27. The lowest BCUT2D eigenvalue weighted by Gasteiger charge is -2.19. The van der Waals surface area contributed by atoms with Gasteiger partial charge >= 0.3 is 0 Å². The number of benzene rings is 2. The van der Waals surface area contributed by atoms with Gasteiger partial charge in [0.1, 0.15) is 17.6 Å². The number of halogens is 1. The van der Waals surface area contributed by atoms with Crippen LogP contribution in [0.2, 0.25) is 5.02 Å². The summed E-state index contributed by atoms with van der Waals surface area (Å²) >= 11 is 6.12. The van der Waals surface area contributed by atoms with Crippen LogP contribution in [0.1, 0.15) is 18.1 Å². The Morgan fingerprint density at radius 3 is 2.41 bits per heavy atom. The van der Waals surface area contributed by atoms with Crippen LogP contribution in [0.5, 0.6) is 11.5 Å². The third-order valence-electron chi connectivity index (χ3n) is 3.47. The minimum Gasteiger partial charge on any atom is -0.495 e. The number of rotatable bonds is 6. The van der Waals surface area contributed by atoms with Crippen molar-refractivity contribution in [2.45, 2.75) is 26.9 Å². The van der Waals surface area contributed by atoms with Gasteiger partial charge in [-0.1, -0.05) is 29.8 Å². The fourth-order valence-corrected chi connectivity index (χ4v) is 2.52. The molecule has 0 radical (unpaired) electrons. The molecular weight excluding hydrogens is 298 g/mol. The van der Waals surface area contributed by atoms with Crippen LogP contribution in [0.15, 0.2) is 36.4 Å². The number of ether oxygens (including phenoxy) is 2. The van der Waals surface area contributed by atoms with E-state index < -0.39 is 0 Å². The monoisotopic (exact) mass is 319 g/mol. The summed E-state index contributed by atoms with van der Waals surface area (Å²) in [6.45, 7) is 6.86. The second kappa shape index (κ2) is 7.41. The molecule has 0 saturated carbocycles. The van der Waals surface area contributed by atoms with E-state index >= 15 is 0 Å². The van der Waals surface area contributed by atoms with Gasteiger partial charge in [0.05, 0.1) is 18.7 Å². The lowest BCUT2D eigenvalue weighted by atomic mass is 10.1. The molecule has 2 aromatic rings. The van der Waals surface area contributed by atoms with E-state index in [9.17, 15) is 0 Å². The molecule has 0 saturated heterocycles. The number of hydrogen-bond donors (Lipinski definition) is 1. The molecule has 1 N–H and O–H groups in total. The van der Waals surface area contributed by atoms with E-state index in [0.717, 1.165) is 22.6 Å². The zero-order valence-corrected chi connectivity index (χ0v) is 14.2. The van der Waals surface area contributed by atoms with Gasteiger partial charge in [-0.05, 0) is 50.1 Å². The summed E-state index contributed by atoms with van der Waals surface area (Å²) in [6.07, 6.45) is 0.0423. The van der Waals surface area contributed by atoms with Gasteiger partial charge in [0.15, 0.2) is 0 Å². The molecule has 0 spiro atoms. The average molecular weight is 320 g/mol. The first-order valence-corrected chi connectivity index (χ1v) is 7.69. The molecule has 0 aliphatic rings. The Balaban J connectivity index is 1.95. The van der Waals surface area contributed by atoms with E-state index in [0.29, 0.717) is 17.3 Å². The Morgan fingerprint density at radius 1 is 1.14 bits per heavy atom. The van der Waals surface area contributed by atoms with Gasteiger partial charge in [-0.25, -0.2) is 0 Å². The maximum Gasteiger partial charge on any atom is 0.137 e. The molecule has 0 heterocycles. The molecule has 0 aromatic heterocycles. The zero-order chi connectivity index (χ0) is 16.1. The minimum atomic E-state index is 0.0423. The molecule has 1 unspecified atom stereocenters. The van der Waals surface area contributed by atoms with Crippen LogP contribution in [0.25, 0.3) is 0 Å². The molecule has 0 amide bonds. The van der Waals surface area contributed by atoms with E-state index in [-0.39, 0.29) is 6.10 Å². The first kappa shape index (κ1) is 16.5. The predicted molar refractivity (Wildman–Crippen MR) is 92.5 cm³/mol. The summed E-state index contributed by atoms with van der Waals surface area (Å²) in [5.74, 6) is 1.64. The zero-order valence-electron chi connectivity index (χ0n) is 13.4. The highest BCUT2D eigenvalue weighted by Crippen LogP contribution is 2.27. The van der Waals surface area contributed by atoms with Crippen LogP contribution < -0.4 is 14.8 Å². The number of hydrogen-bond acceptors (Lipinski definition) is 3. The molecule has 22 heavy (non-hydrogen) atoms. The van der Waals surface area contributed by atoms with E-state index in [1.54, 1.807) is 7.11 Å². The summed E-state index contributed by atoms with van der Waals surface area (Å²) < 4.78 is 11.2. The lowest BCUT2D eigenvalue weighted by Crippen LogP contribution is -2.23. The van der Waals surface area contributed by atoms with Crippen molar-refractivity contribution in [3.63, 3.8) is 0 Å². The van der Waals surface area contributed by atoms with Crippen molar-refractivity contribution >= 4 is 17.3 Å². The van der Waals surface area contributed by atoms with E-state index in [1.165, 1.54) is 0 Å². The van der Waals surface area contributed by atoms with Crippen LogP contribution in [-0.4, -0.2) is 19.8 Å². The van der Waals surface area contributed by atoms with Gasteiger partial charge in [0, 0.05) is 5.69 Å². The highest BCUT2D eigenvalue weighted by molar-refractivity contribution is 6.32. The highest BCUT2D eigenvalue weighted by Gasteiger charge is 2.09. The van der Waals surface area contributed by atoms with Gasteiger partial charge in [-0.3, -0.25) is 0 Å². The molecule has 1 atom stereocenters. The molecule has 0 bridgehead atoms. The summed E-state index contributed by atoms with van der Waals surface area (Å²) in [6, 6.07) is 11.8. The third kappa shape index (κ3) is 4.08. The Kier molecular flexibility index (Phi) is 5.56. The van der Waals surface area contributed by atoms with Gasteiger partial charge in [0.2, 0.25) is 0 Å². The van der Waals surface area contributed by atoms with Crippen molar-refractivity contribution in [2.24, 2.45) is 0 Å². The second-order valence-electron chi connectivity index (χ2n) is 5.38. The quantitative estimate of drug-likeness (QED) is 0.826. The molecule has 118 valence electrons. The maximum atomic E-state index is 6.12. The van der Waals surface area contributed by atoms with Gasteiger partial charge in [0.25, 0.3) is 0 Å². The lowest BCUT2D eigenvalue weighted by molar-refractivity contribution is 0.231. The van der Waals surface area contributed by atoms with Crippen LogP contribution >= 0.6 is 11.6 Å². The number of methoxy groups -OCH3 is 1. The van der Waals surface area contributed by atoms with Crippen LogP contribution in [0, 0.1) is 13.8 Å². The Labute approximate surface area is 137 Å². The number of anilines is 1. The van der Waals surface area contributed by atoms with Gasteiger partial charge < -0.3 is 14.8 Å². The van der Waals surface area contributed by atoms with Crippen molar-refractivity contribution in [3.8, 4) is 11.5 Å². The normalized spacial score (nSPS) is 11.9. The third-order valence-corrected chi connectivity index (χ3v) is 3.77. The van der Waals surface area contributed by atoms with E-state index in [4.69, 9.17) is 21.1 Å². The van der Waals surface area contributed by atoms with Crippen molar-refractivity contribution in [1.29, 1.82) is 0 Å². The highest BCUT2D eigenvalue weighted by atomic mass is 35.5. The van der Waals surface area contributed by atoms with Crippen molar-refractivity contribution in [3.05, 3.63) is 52.5 Å². The van der Waals surface area contributed by atoms with Crippen molar-refractivity contribution in [2.75, 3.05) is 19.0 Å². The van der Waals surface area contributed by atoms with Crippen LogP contribution in [-0.2, 0) is 0 Å². The first-order valence-electron chi connectivity index (χ1n) is 7.31. The molecule has 0 aliphatic heterocycles. The smallest absolute Gasteiger partial charge is 0.137 e. The largest absolute Gasteiger partial charge is 0.495 e. The fraction of sp³-hybridized carbons (Fsp3) is 0.333. The molecular formula is C18H22ClNO2. The summed E-state index contributed by atoms with van der Waals surface area (Å²) in [5.41, 5.74) is 3.25. The summed E-state index contributed by atoms with van der Waals surface area (Å²) in [7, 11) is 1.61. The average Bonchev–Trinajstić information content (AvgIpc) is 2.49. The molecule has 2 rings (SSSR count). The van der Waals surface area contributed by atoms with E-state index in [1.807, 2.05) is 31.2 Å². The molecule has 0 aliphatic carbocycles. The molecule has 3 nitrogen and oxygen atoms in total. The molecule has 4 heteroatoms. The summed E-state index contributed by atoms with van der Waals surface area (Å²) in [5, 5.41) is 3.92. The minimum absolute atomic E-state index is 0.0423. The van der Waals surface area contributed by atoms with E-state index in [2.05, 4.69) is 31.3 Å². The standard InChI is InChI=1S/C18H22ClNO2/c1-12-6-5-7-13(2)18(12)22-14(3)11-20-15-8-9-17(21-4)16(19)10-15/h5-10,14,20H,11H2,1-4H3. The Hall–Kier alpha value is -1.87. The molecule has 0 fully saturated rings. The molecule has 2 aromatic carbocycles. The number of para-hydroxylation sites is 1. The summed E-state index contributed by atoms with van der Waals surface area (Å²) in [4.78, 5) is 0. The van der Waals surface area contributed by atoms with Gasteiger partial charge in [-0.2, -0.15) is 0 Å². The predicted octanol–water partition coefficient (Wildman–Crippen LogP) is 4.84. The Morgan fingerprint density at radius 2 is 1.82 bits per heavy atom. The maximum absolute atomic E-state index is 6.12. The van der Waals surface area contributed by atoms with Crippen molar-refractivity contribution < 1.29 is 9.47 Å². The Bertz CT molecular complexity index is 623. The first-order chi connectivity index (χ1) is 10.5. The number of aryl methyl sites for hydroxylation is 2. The van der Waals surface area contributed by atoms with Crippen LogP contribution in [0.4, 0.5) is 5.69 Å². The topological polar surface area (TPSA) is 30.5 Å². The van der Waals surface area contributed by atoms with Gasteiger partial charge in [-0.15, -0.1) is 0 Å². The number of nitrogens with one attached hydrogen (secondary N) is 1. The van der Waals surface area contributed by atoms with Crippen molar-refractivity contribution in [1.82, 2.24) is 0 Å².